The van der Waals surface area contributed by atoms with E-state index in [1.54, 1.807) is 18.2 Å². The summed E-state index contributed by atoms with van der Waals surface area (Å²) >= 11 is 0. The first-order chi connectivity index (χ1) is 9.49. The van der Waals surface area contributed by atoms with Gasteiger partial charge in [0.15, 0.2) is 9.84 Å². The minimum Gasteiger partial charge on any atom is -0.439 e. The Labute approximate surface area is 118 Å². The van der Waals surface area contributed by atoms with Crippen molar-refractivity contribution in [2.75, 3.05) is 18.1 Å². The van der Waals surface area contributed by atoms with Crippen LogP contribution in [0, 0.1) is 0 Å². The fourth-order valence-electron chi connectivity index (χ4n) is 1.63. The molecule has 0 saturated carbocycles. The number of nitrogens with zero attached hydrogens (tertiary/aromatic N) is 1. The van der Waals surface area contributed by atoms with Gasteiger partial charge in [-0.25, -0.2) is 8.42 Å². The molecule has 0 amide bonds. The maximum absolute atomic E-state index is 11.4. The van der Waals surface area contributed by atoms with Crippen molar-refractivity contribution in [2.24, 2.45) is 0 Å². The number of anilines is 1. The Morgan fingerprint density at radius 1 is 1.15 bits per heavy atom. The average Bonchev–Trinajstić information content (AvgIpc) is 2.39. The van der Waals surface area contributed by atoms with Crippen molar-refractivity contribution in [3.63, 3.8) is 0 Å². The first kappa shape index (κ1) is 14.3. The van der Waals surface area contributed by atoms with E-state index in [0.717, 1.165) is 12.4 Å². The van der Waals surface area contributed by atoms with E-state index in [0.29, 0.717) is 11.6 Å². The molecule has 0 fully saturated rings. The van der Waals surface area contributed by atoms with Gasteiger partial charge in [0.25, 0.3) is 0 Å². The highest BCUT2D eigenvalue weighted by molar-refractivity contribution is 7.90. The van der Waals surface area contributed by atoms with Crippen LogP contribution in [0.3, 0.4) is 0 Å². The predicted molar refractivity (Wildman–Crippen MR) is 78.0 cm³/mol. The predicted octanol–water partition coefficient (Wildman–Crippen LogP) is 2.71. The second-order valence-corrected chi connectivity index (χ2v) is 6.25. The van der Waals surface area contributed by atoms with E-state index in [4.69, 9.17) is 4.74 Å². The van der Waals surface area contributed by atoms with E-state index in [9.17, 15) is 8.42 Å². The van der Waals surface area contributed by atoms with Gasteiger partial charge in [-0.15, -0.1) is 0 Å². The number of hydrogen-bond donors (Lipinski definition) is 1. The van der Waals surface area contributed by atoms with E-state index in [-0.39, 0.29) is 4.90 Å². The van der Waals surface area contributed by atoms with E-state index >= 15 is 0 Å². The molecular weight excluding hydrogens is 276 g/mol. The molecule has 0 radical (unpaired) electrons. The Morgan fingerprint density at radius 3 is 2.45 bits per heavy atom. The molecule has 2 aromatic rings. The fourth-order valence-corrected chi connectivity index (χ4v) is 2.26. The number of hydrogen-bond acceptors (Lipinski definition) is 5. The van der Waals surface area contributed by atoms with Crippen molar-refractivity contribution < 1.29 is 13.2 Å². The summed E-state index contributed by atoms with van der Waals surface area (Å²) in [6, 6.07) is 11.7. The molecule has 0 bridgehead atoms. The van der Waals surface area contributed by atoms with Crippen LogP contribution in [0.15, 0.2) is 47.4 Å². The molecule has 2 rings (SSSR count). The lowest BCUT2D eigenvalue weighted by molar-refractivity contribution is 0.463. The topological polar surface area (TPSA) is 68.3 Å². The van der Waals surface area contributed by atoms with Gasteiger partial charge in [0.05, 0.1) is 4.90 Å². The molecule has 1 heterocycles. The molecule has 20 heavy (non-hydrogen) atoms. The summed E-state index contributed by atoms with van der Waals surface area (Å²) in [6.45, 7) is 2.76. The third-order valence-electron chi connectivity index (χ3n) is 2.56. The second kappa shape index (κ2) is 5.92. The third-order valence-corrected chi connectivity index (χ3v) is 3.68. The highest BCUT2D eigenvalue weighted by atomic mass is 32.2. The molecule has 0 unspecified atom stereocenters. The first-order valence-corrected chi connectivity index (χ1v) is 8.07. The summed E-state index contributed by atoms with van der Waals surface area (Å²) in [6.07, 6.45) is 1.17. The summed E-state index contributed by atoms with van der Waals surface area (Å²) in [5.41, 5.74) is 0. The standard InChI is InChI=1S/C14H16N2O3S/c1-3-15-13-5-4-6-14(16-13)19-11-7-9-12(10-8-11)20(2,17)18/h4-10H,3H2,1-2H3,(H,15,16). The fraction of sp³-hybridized carbons (Fsp3) is 0.214. The van der Waals surface area contributed by atoms with E-state index < -0.39 is 9.84 Å². The van der Waals surface area contributed by atoms with Crippen LogP contribution in [0.5, 0.6) is 11.6 Å². The number of pyridine rings is 1. The summed E-state index contributed by atoms with van der Waals surface area (Å²) in [5, 5.41) is 3.09. The molecule has 1 aromatic carbocycles. The molecule has 0 spiro atoms. The molecule has 1 N–H and O–H groups in total. The molecule has 6 heteroatoms. The maximum Gasteiger partial charge on any atom is 0.221 e. The molecule has 5 nitrogen and oxygen atoms in total. The monoisotopic (exact) mass is 292 g/mol. The number of benzene rings is 1. The van der Waals surface area contributed by atoms with Crippen molar-refractivity contribution in [1.82, 2.24) is 4.98 Å². The van der Waals surface area contributed by atoms with Crippen LogP contribution < -0.4 is 10.1 Å². The van der Waals surface area contributed by atoms with Gasteiger partial charge >= 0.3 is 0 Å². The largest absolute Gasteiger partial charge is 0.439 e. The second-order valence-electron chi connectivity index (χ2n) is 4.24. The summed E-state index contributed by atoms with van der Waals surface area (Å²) < 4.78 is 28.3. The lowest BCUT2D eigenvalue weighted by Gasteiger charge is -2.07. The summed E-state index contributed by atoms with van der Waals surface area (Å²) in [5.74, 6) is 1.73. The van der Waals surface area contributed by atoms with Gasteiger partial charge in [-0.3, -0.25) is 0 Å². The van der Waals surface area contributed by atoms with E-state index in [2.05, 4.69) is 10.3 Å². The molecule has 0 aliphatic rings. The molecule has 106 valence electrons. The molecular formula is C14H16N2O3S. The molecule has 0 atom stereocenters. The zero-order chi connectivity index (χ0) is 14.6. The highest BCUT2D eigenvalue weighted by Gasteiger charge is 2.07. The van der Waals surface area contributed by atoms with Gasteiger partial charge in [0.2, 0.25) is 5.88 Å². The smallest absolute Gasteiger partial charge is 0.221 e. The number of ether oxygens (including phenoxy) is 1. The summed E-state index contributed by atoms with van der Waals surface area (Å²) in [7, 11) is -3.19. The highest BCUT2D eigenvalue weighted by Crippen LogP contribution is 2.22. The zero-order valence-corrected chi connectivity index (χ0v) is 12.1. The van der Waals surface area contributed by atoms with Crippen LogP contribution >= 0.6 is 0 Å². The van der Waals surface area contributed by atoms with Crippen molar-refractivity contribution in [2.45, 2.75) is 11.8 Å². The summed E-state index contributed by atoms with van der Waals surface area (Å²) in [4.78, 5) is 4.54. The van der Waals surface area contributed by atoms with Crippen molar-refractivity contribution in [3.8, 4) is 11.6 Å². The van der Waals surface area contributed by atoms with Crippen LogP contribution in [0.1, 0.15) is 6.92 Å². The Bertz CT molecular complexity index is 682. The van der Waals surface area contributed by atoms with Gasteiger partial charge in [-0.2, -0.15) is 4.98 Å². The van der Waals surface area contributed by atoms with E-state index in [1.165, 1.54) is 18.4 Å². The number of nitrogens with one attached hydrogen (secondary N) is 1. The van der Waals surface area contributed by atoms with Gasteiger partial charge in [0, 0.05) is 18.9 Å². The Kier molecular flexibility index (Phi) is 4.24. The van der Waals surface area contributed by atoms with Crippen LogP contribution in [-0.2, 0) is 9.84 Å². The van der Waals surface area contributed by atoms with Crippen LogP contribution in [0.2, 0.25) is 0 Å². The number of sulfone groups is 1. The number of rotatable bonds is 5. The average molecular weight is 292 g/mol. The normalized spacial score (nSPS) is 11.1. The third kappa shape index (κ3) is 3.71. The maximum atomic E-state index is 11.4. The lowest BCUT2D eigenvalue weighted by Crippen LogP contribution is -2.00. The quantitative estimate of drug-likeness (QED) is 0.917. The van der Waals surface area contributed by atoms with Gasteiger partial charge < -0.3 is 10.1 Å². The molecule has 0 aliphatic heterocycles. The van der Waals surface area contributed by atoms with Gasteiger partial charge in [-0.1, -0.05) is 6.07 Å². The van der Waals surface area contributed by atoms with Crippen molar-refractivity contribution >= 4 is 15.7 Å². The SMILES string of the molecule is CCNc1cccc(Oc2ccc(S(C)(=O)=O)cc2)n1. The first-order valence-electron chi connectivity index (χ1n) is 6.18. The van der Waals surface area contributed by atoms with Crippen molar-refractivity contribution in [1.29, 1.82) is 0 Å². The number of aromatic nitrogens is 1. The molecule has 0 aliphatic carbocycles. The Balaban J connectivity index is 2.16. The van der Waals surface area contributed by atoms with Gasteiger partial charge in [-0.05, 0) is 37.3 Å². The van der Waals surface area contributed by atoms with E-state index in [1.807, 2.05) is 19.1 Å². The Hall–Kier alpha value is -2.08. The van der Waals surface area contributed by atoms with Crippen LogP contribution in [-0.4, -0.2) is 26.2 Å². The van der Waals surface area contributed by atoms with Crippen LogP contribution in [0.25, 0.3) is 0 Å². The molecule has 1 aromatic heterocycles. The van der Waals surface area contributed by atoms with Crippen molar-refractivity contribution in [3.05, 3.63) is 42.5 Å². The Morgan fingerprint density at radius 2 is 1.85 bits per heavy atom. The zero-order valence-electron chi connectivity index (χ0n) is 11.3. The molecule has 0 saturated heterocycles. The lowest BCUT2D eigenvalue weighted by atomic mass is 10.3. The van der Waals surface area contributed by atoms with Crippen LogP contribution in [0.4, 0.5) is 5.82 Å². The minimum atomic E-state index is -3.19. The minimum absolute atomic E-state index is 0.263. The van der Waals surface area contributed by atoms with Gasteiger partial charge in [0.1, 0.15) is 11.6 Å².